The lowest BCUT2D eigenvalue weighted by atomic mass is 10.1. The van der Waals surface area contributed by atoms with Crippen LogP contribution in [0.4, 0.5) is 0 Å². The second kappa shape index (κ2) is 14.4. The third-order valence-corrected chi connectivity index (χ3v) is 6.18. The predicted molar refractivity (Wildman–Crippen MR) is 134 cm³/mol. The van der Waals surface area contributed by atoms with Gasteiger partial charge in [-0.3, -0.25) is 4.90 Å². The second-order valence-electron chi connectivity index (χ2n) is 8.81. The van der Waals surface area contributed by atoms with E-state index >= 15 is 0 Å². The van der Waals surface area contributed by atoms with Crippen molar-refractivity contribution in [2.75, 3.05) is 59.4 Å². The molecule has 0 radical (unpaired) electrons. The Morgan fingerprint density at radius 3 is 2.29 bits per heavy atom. The summed E-state index contributed by atoms with van der Waals surface area (Å²) in [5.74, 6) is 0.916. The molecule has 2 rings (SSSR count). The first-order valence-electron chi connectivity index (χ1n) is 12.3. The second-order valence-corrected chi connectivity index (χ2v) is 8.81. The highest BCUT2D eigenvalue weighted by Gasteiger charge is 2.13. The van der Waals surface area contributed by atoms with E-state index in [0.717, 1.165) is 51.6 Å². The number of piperazine rings is 1. The predicted octanol–water partition coefficient (Wildman–Crippen LogP) is 3.00. The molecule has 0 amide bonds. The van der Waals surface area contributed by atoms with E-state index in [1.165, 1.54) is 37.2 Å². The molecule has 1 unspecified atom stereocenters. The quantitative estimate of drug-likeness (QED) is 0.394. The highest BCUT2D eigenvalue weighted by Crippen LogP contribution is 2.10. The maximum Gasteiger partial charge on any atom is 0.191 e. The van der Waals surface area contributed by atoms with Crippen LogP contribution in [-0.2, 0) is 13.1 Å². The molecule has 1 aromatic rings. The minimum absolute atomic E-state index is 0.416. The molecule has 176 valence electrons. The van der Waals surface area contributed by atoms with Crippen LogP contribution in [0.5, 0.6) is 0 Å². The molecule has 6 nitrogen and oxygen atoms in total. The fourth-order valence-electron chi connectivity index (χ4n) is 3.97. The minimum atomic E-state index is 0.416. The minimum Gasteiger partial charge on any atom is -0.357 e. The average Bonchev–Trinajstić information content (AvgIpc) is 2.78. The zero-order valence-corrected chi connectivity index (χ0v) is 20.7. The van der Waals surface area contributed by atoms with Gasteiger partial charge in [-0.2, -0.15) is 0 Å². The highest BCUT2D eigenvalue weighted by atomic mass is 15.2. The van der Waals surface area contributed by atoms with Gasteiger partial charge in [-0.05, 0) is 64.5 Å². The molecule has 0 saturated carbocycles. The van der Waals surface area contributed by atoms with Crippen LogP contribution in [0.25, 0.3) is 0 Å². The molecule has 1 aromatic carbocycles. The maximum atomic E-state index is 4.82. The Balaban J connectivity index is 1.79. The number of aliphatic imine (C=N–C) groups is 1. The van der Waals surface area contributed by atoms with E-state index in [0.29, 0.717) is 12.6 Å². The Morgan fingerprint density at radius 2 is 1.68 bits per heavy atom. The van der Waals surface area contributed by atoms with Gasteiger partial charge >= 0.3 is 0 Å². The van der Waals surface area contributed by atoms with Crippen molar-refractivity contribution >= 4 is 5.96 Å². The number of hydrogen-bond acceptors (Lipinski definition) is 4. The average molecular weight is 431 g/mol. The van der Waals surface area contributed by atoms with Crippen LogP contribution in [-0.4, -0.2) is 86.1 Å². The van der Waals surface area contributed by atoms with Crippen molar-refractivity contribution < 1.29 is 0 Å². The molecule has 0 bridgehead atoms. The van der Waals surface area contributed by atoms with Crippen LogP contribution >= 0.6 is 0 Å². The van der Waals surface area contributed by atoms with Crippen molar-refractivity contribution in [3.8, 4) is 0 Å². The van der Waals surface area contributed by atoms with Crippen molar-refractivity contribution in [3.05, 3.63) is 35.4 Å². The van der Waals surface area contributed by atoms with Gasteiger partial charge in [0.05, 0.1) is 6.54 Å². The number of nitrogens with zero attached hydrogens (tertiary/aromatic N) is 4. The topological polar surface area (TPSA) is 46.1 Å². The number of benzene rings is 1. The van der Waals surface area contributed by atoms with Crippen molar-refractivity contribution in [1.82, 2.24) is 25.3 Å². The molecule has 2 N–H and O–H groups in total. The van der Waals surface area contributed by atoms with Gasteiger partial charge in [0.2, 0.25) is 0 Å². The van der Waals surface area contributed by atoms with Gasteiger partial charge in [0.25, 0.3) is 0 Å². The van der Waals surface area contributed by atoms with Gasteiger partial charge in [-0.25, -0.2) is 4.99 Å². The first kappa shape index (κ1) is 25.6. The number of rotatable bonds is 12. The molecular weight excluding hydrogens is 384 g/mol. The van der Waals surface area contributed by atoms with Crippen LogP contribution < -0.4 is 10.6 Å². The zero-order valence-electron chi connectivity index (χ0n) is 20.7. The Bertz CT molecular complexity index is 617. The number of nitrogens with one attached hydrogen (secondary N) is 2. The molecular formula is C25H46N6. The summed E-state index contributed by atoms with van der Waals surface area (Å²) in [6.45, 7) is 19.6. The number of hydrogen-bond donors (Lipinski definition) is 2. The van der Waals surface area contributed by atoms with Crippen LogP contribution in [0, 0.1) is 0 Å². The summed E-state index contributed by atoms with van der Waals surface area (Å²) in [5.41, 5.74) is 2.65. The fourth-order valence-corrected chi connectivity index (χ4v) is 3.97. The van der Waals surface area contributed by atoms with Crippen molar-refractivity contribution in [2.45, 2.75) is 59.7 Å². The maximum absolute atomic E-state index is 4.82. The zero-order chi connectivity index (χ0) is 22.5. The lowest BCUT2D eigenvalue weighted by Crippen LogP contribution is -2.43. The summed E-state index contributed by atoms with van der Waals surface area (Å²) in [6, 6.07) is 9.40. The van der Waals surface area contributed by atoms with Crippen LogP contribution in [0.2, 0.25) is 0 Å². The normalized spacial score (nSPS) is 17.2. The number of likely N-dealkylation sites (N-methyl/N-ethyl adjacent to an activating group) is 1. The Morgan fingerprint density at radius 1 is 1.03 bits per heavy atom. The highest BCUT2D eigenvalue weighted by molar-refractivity contribution is 5.80. The van der Waals surface area contributed by atoms with E-state index in [4.69, 9.17) is 4.99 Å². The van der Waals surface area contributed by atoms with E-state index in [2.05, 4.69) is 84.3 Å². The van der Waals surface area contributed by atoms with Crippen molar-refractivity contribution in [3.63, 3.8) is 0 Å². The van der Waals surface area contributed by atoms with E-state index in [-0.39, 0.29) is 0 Å². The number of guanidine groups is 1. The first-order valence-corrected chi connectivity index (χ1v) is 12.3. The van der Waals surface area contributed by atoms with Crippen molar-refractivity contribution in [2.24, 2.45) is 4.99 Å². The third-order valence-electron chi connectivity index (χ3n) is 6.18. The summed E-state index contributed by atoms with van der Waals surface area (Å²) >= 11 is 0. The molecule has 1 aliphatic heterocycles. The van der Waals surface area contributed by atoms with Crippen LogP contribution in [0.1, 0.15) is 51.7 Å². The van der Waals surface area contributed by atoms with Gasteiger partial charge < -0.3 is 20.4 Å². The molecule has 0 aromatic heterocycles. The summed E-state index contributed by atoms with van der Waals surface area (Å²) in [7, 11) is 2.20. The largest absolute Gasteiger partial charge is 0.357 e. The Hall–Kier alpha value is -1.63. The molecule has 0 spiro atoms. The van der Waals surface area contributed by atoms with Crippen LogP contribution in [0.3, 0.4) is 0 Å². The molecule has 6 heteroatoms. The van der Waals surface area contributed by atoms with Gasteiger partial charge in [0, 0.05) is 45.3 Å². The molecule has 0 aliphatic carbocycles. The van der Waals surface area contributed by atoms with Gasteiger partial charge in [0.1, 0.15) is 0 Å². The monoisotopic (exact) mass is 430 g/mol. The third kappa shape index (κ3) is 10.0. The summed E-state index contributed by atoms with van der Waals surface area (Å²) in [4.78, 5) is 12.3. The SMILES string of the molecule is CCNC(=NCc1ccc(CN2CCN(C)CC2)cc1)NC(C)CCCN(CC)CC. The Labute approximate surface area is 191 Å². The first-order chi connectivity index (χ1) is 15.0. The van der Waals surface area contributed by atoms with Crippen LogP contribution in [0.15, 0.2) is 29.3 Å². The van der Waals surface area contributed by atoms with E-state index in [9.17, 15) is 0 Å². The van der Waals surface area contributed by atoms with Gasteiger partial charge in [-0.1, -0.05) is 38.1 Å². The molecule has 31 heavy (non-hydrogen) atoms. The fraction of sp³-hybridized carbons (Fsp3) is 0.720. The molecule has 1 atom stereocenters. The lowest BCUT2D eigenvalue weighted by molar-refractivity contribution is 0.148. The summed E-state index contributed by atoms with van der Waals surface area (Å²) in [5, 5.41) is 6.97. The van der Waals surface area contributed by atoms with E-state index < -0.39 is 0 Å². The summed E-state index contributed by atoms with van der Waals surface area (Å²) in [6.07, 6.45) is 2.37. The van der Waals surface area contributed by atoms with Gasteiger partial charge in [0.15, 0.2) is 5.96 Å². The van der Waals surface area contributed by atoms with E-state index in [1.807, 2.05) is 0 Å². The molecule has 1 saturated heterocycles. The van der Waals surface area contributed by atoms with Gasteiger partial charge in [-0.15, -0.1) is 0 Å². The smallest absolute Gasteiger partial charge is 0.191 e. The van der Waals surface area contributed by atoms with Crippen molar-refractivity contribution in [1.29, 1.82) is 0 Å². The Kier molecular flexibility index (Phi) is 11.9. The standard InChI is InChI=1S/C25H46N6/c1-6-26-25(28-22(4)10-9-15-30(7-2)8-3)27-20-23-11-13-24(14-12-23)21-31-18-16-29(5)17-19-31/h11-14,22H,6-10,15-21H2,1-5H3,(H2,26,27,28). The van der Waals surface area contributed by atoms with E-state index in [1.54, 1.807) is 0 Å². The summed E-state index contributed by atoms with van der Waals surface area (Å²) < 4.78 is 0. The molecule has 1 fully saturated rings. The molecule has 1 aliphatic rings. The lowest BCUT2D eigenvalue weighted by Gasteiger charge is -2.32. The molecule has 1 heterocycles.